The number of rotatable bonds is 4. The van der Waals surface area contributed by atoms with Crippen LogP contribution < -0.4 is 5.32 Å². The summed E-state index contributed by atoms with van der Waals surface area (Å²) in [5, 5.41) is 4.14. The maximum absolute atomic E-state index is 5.84. The summed E-state index contributed by atoms with van der Waals surface area (Å²) >= 11 is 5.84. The molecule has 1 aromatic carbocycles. The van der Waals surface area contributed by atoms with E-state index < -0.39 is 0 Å². The molecule has 1 atom stereocenters. The van der Waals surface area contributed by atoms with Gasteiger partial charge < -0.3 is 10.1 Å². The first-order valence-corrected chi connectivity index (χ1v) is 6.49. The van der Waals surface area contributed by atoms with Crippen LogP contribution in [0, 0.1) is 0 Å². The van der Waals surface area contributed by atoms with E-state index in [-0.39, 0.29) is 6.10 Å². The lowest BCUT2D eigenvalue weighted by Gasteiger charge is -2.32. The number of anilines is 1. The second kappa shape index (κ2) is 6.24. The van der Waals surface area contributed by atoms with E-state index >= 15 is 0 Å². The molecule has 0 spiro atoms. The third-order valence-electron chi connectivity index (χ3n) is 3.05. The maximum atomic E-state index is 5.84. The van der Waals surface area contributed by atoms with Crippen molar-refractivity contribution in [2.24, 2.45) is 0 Å². The molecule has 2 rings (SSSR count). The molecule has 4 heteroatoms. The van der Waals surface area contributed by atoms with E-state index in [2.05, 4.69) is 17.1 Å². The molecule has 1 aliphatic rings. The Hall–Kier alpha value is -0.770. The molecule has 0 radical (unpaired) electrons. The van der Waals surface area contributed by atoms with E-state index in [1.54, 1.807) is 0 Å². The van der Waals surface area contributed by atoms with Crippen LogP contribution in [0.5, 0.6) is 0 Å². The maximum Gasteiger partial charge on any atom is 0.0874 e. The first-order chi connectivity index (χ1) is 8.28. The molecule has 3 nitrogen and oxygen atoms in total. The van der Waals surface area contributed by atoms with Crippen molar-refractivity contribution in [2.45, 2.75) is 13.0 Å². The molecule has 0 aromatic heterocycles. The number of nitrogens with one attached hydrogen (secondary N) is 1. The van der Waals surface area contributed by atoms with E-state index in [0.29, 0.717) is 0 Å². The second-order valence-electron chi connectivity index (χ2n) is 4.27. The molecular weight excluding hydrogens is 236 g/mol. The van der Waals surface area contributed by atoms with E-state index in [4.69, 9.17) is 16.3 Å². The largest absolute Gasteiger partial charge is 0.382 e. The zero-order chi connectivity index (χ0) is 12.1. The van der Waals surface area contributed by atoms with Gasteiger partial charge in [0, 0.05) is 30.3 Å². The molecule has 0 amide bonds. The Morgan fingerprint density at radius 1 is 1.41 bits per heavy atom. The van der Waals surface area contributed by atoms with Crippen LogP contribution in [-0.4, -0.2) is 43.8 Å². The van der Waals surface area contributed by atoms with Crippen molar-refractivity contribution in [3.63, 3.8) is 0 Å². The highest BCUT2D eigenvalue weighted by atomic mass is 35.5. The van der Waals surface area contributed by atoms with Crippen LogP contribution in [0.4, 0.5) is 5.69 Å². The molecule has 1 saturated heterocycles. The lowest BCUT2D eigenvalue weighted by Crippen LogP contribution is -2.45. The van der Waals surface area contributed by atoms with Gasteiger partial charge in [-0.15, -0.1) is 0 Å². The van der Waals surface area contributed by atoms with Crippen LogP contribution >= 0.6 is 11.6 Å². The van der Waals surface area contributed by atoms with Gasteiger partial charge in [0.2, 0.25) is 0 Å². The van der Waals surface area contributed by atoms with Crippen LogP contribution in [0.1, 0.15) is 6.92 Å². The highest BCUT2D eigenvalue weighted by Gasteiger charge is 2.18. The molecule has 1 aliphatic heterocycles. The van der Waals surface area contributed by atoms with E-state index in [0.717, 1.165) is 43.5 Å². The first-order valence-electron chi connectivity index (χ1n) is 6.11. The van der Waals surface area contributed by atoms with E-state index in [1.165, 1.54) is 0 Å². The van der Waals surface area contributed by atoms with Gasteiger partial charge in [0.25, 0.3) is 0 Å². The molecule has 1 unspecified atom stereocenters. The Morgan fingerprint density at radius 2 is 2.18 bits per heavy atom. The minimum Gasteiger partial charge on any atom is -0.382 e. The van der Waals surface area contributed by atoms with Gasteiger partial charge in [-0.25, -0.2) is 0 Å². The van der Waals surface area contributed by atoms with Crippen molar-refractivity contribution in [1.29, 1.82) is 0 Å². The van der Waals surface area contributed by atoms with Crippen LogP contribution in [-0.2, 0) is 4.74 Å². The second-order valence-corrected chi connectivity index (χ2v) is 4.71. The lowest BCUT2D eigenvalue weighted by molar-refractivity contribution is -0.0191. The van der Waals surface area contributed by atoms with Crippen LogP contribution in [0.3, 0.4) is 0 Å². The van der Waals surface area contributed by atoms with Crippen molar-refractivity contribution >= 4 is 17.3 Å². The minimum atomic E-state index is 0.277. The monoisotopic (exact) mass is 254 g/mol. The van der Waals surface area contributed by atoms with Crippen LogP contribution in [0.15, 0.2) is 24.3 Å². The van der Waals surface area contributed by atoms with E-state index in [1.807, 2.05) is 24.3 Å². The molecule has 1 aromatic rings. The molecular formula is C13H19ClN2O. The molecule has 0 saturated carbocycles. The molecule has 17 heavy (non-hydrogen) atoms. The van der Waals surface area contributed by atoms with Crippen LogP contribution in [0.25, 0.3) is 0 Å². The number of morpholine rings is 1. The fourth-order valence-electron chi connectivity index (χ4n) is 1.99. The zero-order valence-corrected chi connectivity index (χ0v) is 10.9. The lowest BCUT2D eigenvalue weighted by atomic mass is 10.2. The number of likely N-dealkylation sites (N-methyl/N-ethyl adjacent to an activating group) is 1. The molecule has 0 aliphatic carbocycles. The topological polar surface area (TPSA) is 24.5 Å². The van der Waals surface area contributed by atoms with Crippen molar-refractivity contribution in [2.75, 3.05) is 38.1 Å². The quantitative estimate of drug-likeness (QED) is 0.894. The molecule has 94 valence electrons. The zero-order valence-electron chi connectivity index (χ0n) is 10.2. The summed E-state index contributed by atoms with van der Waals surface area (Å²) in [5.41, 5.74) is 1.09. The first kappa shape index (κ1) is 12.7. The summed E-state index contributed by atoms with van der Waals surface area (Å²) in [6, 6.07) is 7.76. The Bertz CT molecular complexity index is 342. The summed E-state index contributed by atoms with van der Waals surface area (Å²) in [7, 11) is 0. The summed E-state index contributed by atoms with van der Waals surface area (Å²) in [6.07, 6.45) is 0.277. The molecule has 1 heterocycles. The van der Waals surface area contributed by atoms with Crippen molar-refractivity contribution < 1.29 is 4.74 Å². The average Bonchev–Trinajstić information content (AvgIpc) is 2.38. The molecule has 1 fully saturated rings. The standard InChI is InChI=1S/C13H19ClN2O/c1-2-16-7-8-17-13(10-16)9-15-12-5-3-11(14)4-6-12/h3-6,13,15H,2,7-10H2,1H3. The Morgan fingerprint density at radius 3 is 2.88 bits per heavy atom. The predicted octanol–water partition coefficient (Wildman–Crippen LogP) is 2.47. The normalized spacial score (nSPS) is 21.4. The number of nitrogens with zero attached hydrogens (tertiary/aromatic N) is 1. The molecule has 0 bridgehead atoms. The number of benzene rings is 1. The Kier molecular flexibility index (Phi) is 4.66. The van der Waals surface area contributed by atoms with Gasteiger partial charge >= 0.3 is 0 Å². The third-order valence-corrected chi connectivity index (χ3v) is 3.30. The fourth-order valence-corrected chi connectivity index (χ4v) is 2.12. The SMILES string of the molecule is CCN1CCOC(CNc2ccc(Cl)cc2)C1. The summed E-state index contributed by atoms with van der Waals surface area (Å²) in [5.74, 6) is 0. The molecule has 1 N–H and O–H groups in total. The van der Waals surface area contributed by atoms with Gasteiger partial charge in [0.1, 0.15) is 0 Å². The van der Waals surface area contributed by atoms with Crippen molar-refractivity contribution in [3.05, 3.63) is 29.3 Å². The number of hydrogen-bond donors (Lipinski definition) is 1. The average molecular weight is 255 g/mol. The highest BCUT2D eigenvalue weighted by molar-refractivity contribution is 6.30. The van der Waals surface area contributed by atoms with Gasteiger partial charge in [-0.1, -0.05) is 18.5 Å². The highest BCUT2D eigenvalue weighted by Crippen LogP contribution is 2.14. The fraction of sp³-hybridized carbons (Fsp3) is 0.538. The van der Waals surface area contributed by atoms with Crippen LogP contribution in [0.2, 0.25) is 5.02 Å². The minimum absolute atomic E-state index is 0.277. The van der Waals surface area contributed by atoms with Gasteiger partial charge in [0.05, 0.1) is 12.7 Å². The third kappa shape index (κ3) is 3.87. The van der Waals surface area contributed by atoms with Crippen molar-refractivity contribution in [1.82, 2.24) is 4.90 Å². The summed E-state index contributed by atoms with van der Waals surface area (Å²) in [6.45, 7) is 7.03. The van der Waals surface area contributed by atoms with E-state index in [9.17, 15) is 0 Å². The smallest absolute Gasteiger partial charge is 0.0874 e. The number of ether oxygens (including phenoxy) is 1. The summed E-state index contributed by atoms with van der Waals surface area (Å²) < 4.78 is 5.73. The van der Waals surface area contributed by atoms with Gasteiger partial charge in [-0.05, 0) is 30.8 Å². The number of halogens is 1. The predicted molar refractivity (Wildman–Crippen MR) is 71.8 cm³/mol. The Labute approximate surface area is 108 Å². The Balaban J connectivity index is 1.79. The van der Waals surface area contributed by atoms with Gasteiger partial charge in [0.15, 0.2) is 0 Å². The van der Waals surface area contributed by atoms with Gasteiger partial charge in [-0.2, -0.15) is 0 Å². The van der Waals surface area contributed by atoms with Crippen molar-refractivity contribution in [3.8, 4) is 0 Å². The van der Waals surface area contributed by atoms with Gasteiger partial charge in [-0.3, -0.25) is 4.90 Å². The number of hydrogen-bond acceptors (Lipinski definition) is 3. The summed E-state index contributed by atoms with van der Waals surface area (Å²) in [4.78, 5) is 2.41.